The van der Waals surface area contributed by atoms with E-state index >= 15 is 0 Å². The Hall–Kier alpha value is -0.260. The van der Waals surface area contributed by atoms with E-state index in [1.807, 2.05) is 0 Å². The van der Waals surface area contributed by atoms with Crippen LogP contribution in [0, 0.1) is 5.92 Å². The fraction of sp³-hybridized carbons (Fsp3) is 0.818. The molecule has 0 heteroatoms. The number of rotatable bonds is 5. The molecule has 0 aromatic rings. The fourth-order valence-corrected chi connectivity index (χ4v) is 1.17. The third kappa shape index (κ3) is 6.15. The van der Waals surface area contributed by atoms with E-state index in [-0.39, 0.29) is 0 Å². The van der Waals surface area contributed by atoms with E-state index < -0.39 is 0 Å². The topological polar surface area (TPSA) is 0 Å². The van der Waals surface area contributed by atoms with Gasteiger partial charge in [0.1, 0.15) is 0 Å². The lowest BCUT2D eigenvalue weighted by Gasteiger charge is -2.07. The van der Waals surface area contributed by atoms with E-state index in [1.165, 1.54) is 25.7 Å². The number of allylic oxidation sites excluding steroid dienone is 2. The average Bonchev–Trinajstić information content (AvgIpc) is 2.00. The summed E-state index contributed by atoms with van der Waals surface area (Å²) in [6.45, 7) is 9.07. The zero-order valence-corrected chi connectivity index (χ0v) is 8.48. The predicted molar refractivity (Wildman–Crippen MR) is 52.7 cm³/mol. The summed E-state index contributed by atoms with van der Waals surface area (Å²) in [6, 6.07) is 0. The van der Waals surface area contributed by atoms with Gasteiger partial charge in [-0.3, -0.25) is 0 Å². The smallest absolute Gasteiger partial charge is 0.0297 e. The van der Waals surface area contributed by atoms with Gasteiger partial charge in [-0.05, 0) is 25.7 Å². The third-order valence-electron chi connectivity index (χ3n) is 2.15. The van der Waals surface area contributed by atoms with Gasteiger partial charge in [0.15, 0.2) is 0 Å². The van der Waals surface area contributed by atoms with Gasteiger partial charge in [-0.2, -0.15) is 0 Å². The van der Waals surface area contributed by atoms with Crippen molar-refractivity contribution in [2.24, 2.45) is 5.92 Å². The molecule has 0 fully saturated rings. The van der Waals surface area contributed by atoms with Crippen LogP contribution >= 0.6 is 0 Å². The lowest BCUT2D eigenvalue weighted by molar-refractivity contribution is 0.556. The molecule has 1 unspecified atom stereocenters. The van der Waals surface area contributed by atoms with Crippen molar-refractivity contribution in [2.45, 2.75) is 53.4 Å². The third-order valence-corrected chi connectivity index (χ3v) is 2.15. The molecule has 0 amide bonds. The molecule has 66 valence electrons. The Morgan fingerprint density at radius 1 is 1.36 bits per heavy atom. The van der Waals surface area contributed by atoms with Gasteiger partial charge in [0.2, 0.25) is 0 Å². The van der Waals surface area contributed by atoms with E-state index in [0.29, 0.717) is 0 Å². The summed E-state index contributed by atoms with van der Waals surface area (Å²) in [6.07, 6.45) is 7.50. The molecule has 0 rings (SSSR count). The van der Waals surface area contributed by atoms with Crippen LogP contribution in [0.15, 0.2) is 11.6 Å². The van der Waals surface area contributed by atoms with Crippen LogP contribution in [-0.2, 0) is 0 Å². The molecule has 11 heavy (non-hydrogen) atoms. The van der Waals surface area contributed by atoms with E-state index in [9.17, 15) is 0 Å². The maximum absolute atomic E-state index is 2.38. The van der Waals surface area contributed by atoms with Gasteiger partial charge in [0.25, 0.3) is 0 Å². The Labute approximate surface area is 71.7 Å². The molecule has 0 spiro atoms. The molecule has 0 saturated heterocycles. The molecule has 0 N–H and O–H groups in total. The minimum absolute atomic E-state index is 0.864. The summed E-state index contributed by atoms with van der Waals surface area (Å²) in [5, 5.41) is 0. The van der Waals surface area contributed by atoms with E-state index in [0.717, 1.165) is 5.92 Å². The molecular formula is C11H22. The predicted octanol–water partition coefficient (Wildman–Crippen LogP) is 4.17. The normalized spacial score (nSPS) is 15.1. The van der Waals surface area contributed by atoms with Gasteiger partial charge < -0.3 is 0 Å². The summed E-state index contributed by atoms with van der Waals surface area (Å²) >= 11 is 0. The molecule has 0 saturated carbocycles. The number of unbranched alkanes of at least 4 members (excludes halogenated alkanes) is 1. The van der Waals surface area contributed by atoms with Crippen molar-refractivity contribution >= 4 is 0 Å². The van der Waals surface area contributed by atoms with Gasteiger partial charge in [-0.15, -0.1) is 0 Å². The molecule has 0 bridgehead atoms. The first-order valence-corrected chi connectivity index (χ1v) is 4.86. The van der Waals surface area contributed by atoms with Crippen LogP contribution in [0.25, 0.3) is 0 Å². The first kappa shape index (κ1) is 10.7. The first-order valence-electron chi connectivity index (χ1n) is 4.86. The second-order valence-electron chi connectivity index (χ2n) is 3.56. The van der Waals surface area contributed by atoms with Crippen LogP contribution in [-0.4, -0.2) is 0 Å². The highest BCUT2D eigenvalue weighted by Gasteiger charge is 1.98. The second-order valence-corrected chi connectivity index (χ2v) is 3.56. The van der Waals surface area contributed by atoms with E-state index in [4.69, 9.17) is 0 Å². The van der Waals surface area contributed by atoms with Gasteiger partial charge in [-0.25, -0.2) is 0 Å². The lowest BCUT2D eigenvalue weighted by atomic mass is 9.99. The largest absolute Gasteiger partial charge is 0.0856 e. The van der Waals surface area contributed by atoms with Gasteiger partial charge >= 0.3 is 0 Å². The zero-order chi connectivity index (χ0) is 8.69. The van der Waals surface area contributed by atoms with Crippen LogP contribution in [0.4, 0.5) is 0 Å². The van der Waals surface area contributed by atoms with Gasteiger partial charge in [-0.1, -0.05) is 45.3 Å². The molecular weight excluding hydrogens is 132 g/mol. The van der Waals surface area contributed by atoms with E-state index in [2.05, 4.69) is 33.8 Å². The van der Waals surface area contributed by atoms with Crippen molar-refractivity contribution < 1.29 is 0 Å². The van der Waals surface area contributed by atoms with Crippen molar-refractivity contribution in [3.05, 3.63) is 11.6 Å². The fourth-order valence-electron chi connectivity index (χ4n) is 1.17. The highest BCUT2D eigenvalue weighted by Crippen LogP contribution is 2.14. The minimum atomic E-state index is 0.864. The summed E-state index contributed by atoms with van der Waals surface area (Å²) < 4.78 is 0. The SMILES string of the molecule is CCCC=C(C)CC(C)CC. The van der Waals surface area contributed by atoms with Crippen LogP contribution in [0.3, 0.4) is 0 Å². The zero-order valence-electron chi connectivity index (χ0n) is 8.48. The highest BCUT2D eigenvalue weighted by molar-refractivity contribution is 4.98. The Balaban J connectivity index is 3.57. The Bertz CT molecular complexity index is 111. The molecule has 0 nitrogen and oxygen atoms in total. The monoisotopic (exact) mass is 154 g/mol. The maximum atomic E-state index is 2.38. The van der Waals surface area contributed by atoms with Crippen molar-refractivity contribution in [1.29, 1.82) is 0 Å². The standard InChI is InChI=1S/C11H22/c1-5-7-8-11(4)9-10(3)6-2/h8,10H,5-7,9H2,1-4H3. The van der Waals surface area contributed by atoms with Crippen LogP contribution in [0.1, 0.15) is 53.4 Å². The summed E-state index contributed by atoms with van der Waals surface area (Å²) in [5.41, 5.74) is 1.57. The van der Waals surface area contributed by atoms with Crippen molar-refractivity contribution in [3.63, 3.8) is 0 Å². The van der Waals surface area contributed by atoms with Crippen molar-refractivity contribution in [3.8, 4) is 0 Å². The number of hydrogen-bond acceptors (Lipinski definition) is 0. The Morgan fingerprint density at radius 3 is 2.45 bits per heavy atom. The van der Waals surface area contributed by atoms with Crippen LogP contribution in [0.5, 0.6) is 0 Å². The van der Waals surface area contributed by atoms with Crippen LogP contribution in [0.2, 0.25) is 0 Å². The summed E-state index contributed by atoms with van der Waals surface area (Å²) in [4.78, 5) is 0. The average molecular weight is 154 g/mol. The molecule has 0 aliphatic heterocycles. The molecule has 0 aromatic heterocycles. The first-order chi connectivity index (χ1) is 5.20. The molecule has 0 aliphatic rings. The molecule has 0 aliphatic carbocycles. The second kappa shape index (κ2) is 6.45. The molecule has 1 atom stereocenters. The Kier molecular flexibility index (Phi) is 6.30. The van der Waals surface area contributed by atoms with Crippen molar-refractivity contribution in [2.75, 3.05) is 0 Å². The quantitative estimate of drug-likeness (QED) is 0.521. The molecule has 0 aromatic carbocycles. The minimum Gasteiger partial charge on any atom is -0.0856 e. The maximum Gasteiger partial charge on any atom is -0.0297 e. The van der Waals surface area contributed by atoms with Gasteiger partial charge in [0.05, 0.1) is 0 Å². The van der Waals surface area contributed by atoms with Gasteiger partial charge in [0, 0.05) is 0 Å². The Morgan fingerprint density at radius 2 is 2.00 bits per heavy atom. The van der Waals surface area contributed by atoms with Crippen LogP contribution < -0.4 is 0 Å². The summed E-state index contributed by atoms with van der Waals surface area (Å²) in [5.74, 6) is 0.864. The summed E-state index contributed by atoms with van der Waals surface area (Å²) in [7, 11) is 0. The lowest BCUT2D eigenvalue weighted by Crippen LogP contribution is -1.92. The molecule has 0 radical (unpaired) electrons. The number of hydrogen-bond donors (Lipinski definition) is 0. The highest BCUT2D eigenvalue weighted by atomic mass is 14.0. The van der Waals surface area contributed by atoms with Crippen molar-refractivity contribution in [1.82, 2.24) is 0 Å². The molecule has 0 heterocycles. The van der Waals surface area contributed by atoms with E-state index in [1.54, 1.807) is 5.57 Å².